The highest BCUT2D eigenvalue weighted by atomic mass is 35.5. The van der Waals surface area contributed by atoms with Crippen molar-refractivity contribution in [1.29, 1.82) is 0 Å². The molecule has 0 aliphatic carbocycles. The summed E-state index contributed by atoms with van der Waals surface area (Å²) >= 11 is 7.52. The van der Waals surface area contributed by atoms with Crippen molar-refractivity contribution in [2.45, 2.75) is 29.9 Å². The van der Waals surface area contributed by atoms with Gasteiger partial charge in [0, 0.05) is 17.1 Å². The van der Waals surface area contributed by atoms with E-state index in [9.17, 15) is 4.79 Å². The standard InChI is InChI=1S/C25H22ClN5OS/c1-16-7-9-17(10-8-16)15-27-24(32)22-21(18-11-13-20(26)14-12-18)30-31-23(28-29-25(31)33-22)19-5-3-2-4-6-19/h2-14,21-22,30H,15H2,1H3,(H,27,32)/t21-,22+/m1/s1. The van der Waals surface area contributed by atoms with Gasteiger partial charge in [0.25, 0.3) is 0 Å². The van der Waals surface area contributed by atoms with Crippen LogP contribution in [0.1, 0.15) is 22.7 Å². The van der Waals surface area contributed by atoms with E-state index in [4.69, 9.17) is 11.6 Å². The number of carbonyl (C=O) groups excluding carboxylic acids is 1. The van der Waals surface area contributed by atoms with Crippen molar-refractivity contribution in [3.8, 4) is 11.4 Å². The van der Waals surface area contributed by atoms with Gasteiger partial charge in [-0.05, 0) is 30.2 Å². The van der Waals surface area contributed by atoms with Gasteiger partial charge in [0.05, 0.1) is 6.04 Å². The number of nitrogens with zero attached hydrogens (tertiary/aromatic N) is 3. The number of nitrogens with one attached hydrogen (secondary N) is 2. The van der Waals surface area contributed by atoms with Gasteiger partial charge in [0.1, 0.15) is 5.25 Å². The van der Waals surface area contributed by atoms with Crippen molar-refractivity contribution in [3.63, 3.8) is 0 Å². The monoisotopic (exact) mass is 475 g/mol. The van der Waals surface area contributed by atoms with E-state index in [1.54, 1.807) is 0 Å². The number of hydrogen-bond acceptors (Lipinski definition) is 5. The van der Waals surface area contributed by atoms with Crippen molar-refractivity contribution >= 4 is 29.3 Å². The quantitative estimate of drug-likeness (QED) is 0.426. The predicted molar refractivity (Wildman–Crippen MR) is 132 cm³/mol. The first-order valence-corrected chi connectivity index (χ1v) is 11.9. The van der Waals surface area contributed by atoms with Crippen LogP contribution < -0.4 is 10.7 Å². The van der Waals surface area contributed by atoms with Crippen LogP contribution in [0.2, 0.25) is 5.02 Å². The molecule has 2 atom stereocenters. The number of fused-ring (bicyclic) bond motifs is 1. The molecule has 1 aliphatic rings. The highest BCUT2D eigenvalue weighted by Gasteiger charge is 2.37. The molecular formula is C25H22ClN5OS. The molecule has 4 aromatic rings. The lowest BCUT2D eigenvalue weighted by Gasteiger charge is -2.33. The lowest BCUT2D eigenvalue weighted by atomic mass is 10.0. The highest BCUT2D eigenvalue weighted by molar-refractivity contribution is 8.00. The topological polar surface area (TPSA) is 71.8 Å². The van der Waals surface area contributed by atoms with E-state index in [0.29, 0.717) is 22.5 Å². The fraction of sp³-hybridized carbons (Fsp3) is 0.160. The molecular weight excluding hydrogens is 454 g/mol. The van der Waals surface area contributed by atoms with E-state index in [2.05, 4.69) is 20.9 Å². The fourth-order valence-corrected chi connectivity index (χ4v) is 4.98. The van der Waals surface area contributed by atoms with E-state index in [-0.39, 0.29) is 11.9 Å². The molecule has 2 N–H and O–H groups in total. The van der Waals surface area contributed by atoms with Gasteiger partial charge in [-0.1, -0.05) is 95.7 Å². The Kier molecular flexibility index (Phi) is 6.07. The summed E-state index contributed by atoms with van der Waals surface area (Å²) in [7, 11) is 0. The molecule has 0 fully saturated rings. The molecule has 0 saturated heterocycles. The predicted octanol–water partition coefficient (Wildman–Crippen LogP) is 4.98. The molecule has 5 rings (SSSR count). The van der Waals surface area contributed by atoms with E-state index in [1.807, 2.05) is 90.5 Å². The van der Waals surface area contributed by atoms with Crippen LogP contribution in [0.5, 0.6) is 0 Å². The maximum Gasteiger partial charge on any atom is 0.236 e. The van der Waals surface area contributed by atoms with Crippen LogP contribution in [0, 0.1) is 6.92 Å². The molecule has 0 unspecified atom stereocenters. The molecule has 166 valence electrons. The van der Waals surface area contributed by atoms with Crippen LogP contribution >= 0.6 is 23.4 Å². The van der Waals surface area contributed by atoms with Crippen molar-refractivity contribution in [3.05, 3.63) is 101 Å². The summed E-state index contributed by atoms with van der Waals surface area (Å²) in [4.78, 5) is 13.3. The Balaban J connectivity index is 1.44. The summed E-state index contributed by atoms with van der Waals surface area (Å²) in [6, 6.07) is 25.3. The number of aromatic nitrogens is 3. The van der Waals surface area contributed by atoms with Gasteiger partial charge in [-0.25, -0.2) is 4.68 Å². The Morgan fingerprint density at radius 1 is 1.03 bits per heavy atom. The average molecular weight is 476 g/mol. The van der Waals surface area contributed by atoms with Crippen LogP contribution in [0.4, 0.5) is 0 Å². The van der Waals surface area contributed by atoms with Gasteiger partial charge < -0.3 is 10.7 Å². The Morgan fingerprint density at radius 3 is 2.48 bits per heavy atom. The van der Waals surface area contributed by atoms with Gasteiger partial charge in [-0.15, -0.1) is 10.2 Å². The van der Waals surface area contributed by atoms with Crippen molar-refractivity contribution < 1.29 is 4.79 Å². The zero-order valence-corrected chi connectivity index (χ0v) is 19.5. The number of benzene rings is 3. The summed E-state index contributed by atoms with van der Waals surface area (Å²) < 4.78 is 1.86. The number of aryl methyl sites for hydroxylation is 1. The fourth-order valence-electron chi connectivity index (χ4n) is 3.75. The Labute approximate surface area is 201 Å². The first kappa shape index (κ1) is 21.6. The molecule has 0 radical (unpaired) electrons. The van der Waals surface area contributed by atoms with E-state index >= 15 is 0 Å². The van der Waals surface area contributed by atoms with Gasteiger partial charge in [-0.3, -0.25) is 4.79 Å². The van der Waals surface area contributed by atoms with Crippen LogP contribution in [-0.4, -0.2) is 26.0 Å². The van der Waals surface area contributed by atoms with Gasteiger partial charge in [0.15, 0.2) is 5.82 Å². The van der Waals surface area contributed by atoms with Crippen LogP contribution in [-0.2, 0) is 11.3 Å². The number of thioether (sulfide) groups is 1. The second-order valence-electron chi connectivity index (χ2n) is 7.91. The smallest absolute Gasteiger partial charge is 0.236 e. The van der Waals surface area contributed by atoms with Crippen molar-refractivity contribution in [2.75, 3.05) is 5.43 Å². The molecule has 6 nitrogen and oxygen atoms in total. The van der Waals surface area contributed by atoms with E-state index in [1.165, 1.54) is 17.3 Å². The second kappa shape index (κ2) is 9.29. The number of amides is 1. The summed E-state index contributed by atoms with van der Waals surface area (Å²) in [5.74, 6) is 0.638. The zero-order chi connectivity index (χ0) is 22.8. The zero-order valence-electron chi connectivity index (χ0n) is 17.9. The maximum atomic E-state index is 13.3. The second-order valence-corrected chi connectivity index (χ2v) is 9.45. The highest BCUT2D eigenvalue weighted by Crippen LogP contribution is 2.38. The molecule has 0 spiro atoms. The number of hydrogen-bond donors (Lipinski definition) is 2. The summed E-state index contributed by atoms with van der Waals surface area (Å²) in [5, 5.41) is 12.7. The molecule has 33 heavy (non-hydrogen) atoms. The minimum absolute atomic E-state index is 0.0662. The maximum absolute atomic E-state index is 13.3. The number of halogens is 1. The van der Waals surface area contributed by atoms with E-state index in [0.717, 1.165) is 16.7 Å². The molecule has 1 aromatic heterocycles. The molecule has 0 saturated carbocycles. The first-order chi connectivity index (χ1) is 16.1. The minimum atomic E-state index is -0.433. The SMILES string of the molecule is Cc1ccc(CNC(=O)[C@H]2Sc3nnc(-c4ccccc4)n3N[C@@H]2c2ccc(Cl)cc2)cc1. The third kappa shape index (κ3) is 4.60. The first-order valence-electron chi connectivity index (χ1n) is 10.6. The molecule has 0 bridgehead atoms. The Bertz CT molecular complexity index is 1260. The van der Waals surface area contributed by atoms with Crippen molar-refractivity contribution in [2.24, 2.45) is 0 Å². The molecule has 1 amide bonds. The third-order valence-electron chi connectivity index (χ3n) is 5.54. The van der Waals surface area contributed by atoms with E-state index < -0.39 is 5.25 Å². The van der Waals surface area contributed by atoms with Crippen LogP contribution in [0.25, 0.3) is 11.4 Å². The number of rotatable bonds is 5. The lowest BCUT2D eigenvalue weighted by Crippen LogP contribution is -2.43. The van der Waals surface area contributed by atoms with Gasteiger partial charge >= 0.3 is 0 Å². The minimum Gasteiger partial charge on any atom is -0.351 e. The molecule has 3 aromatic carbocycles. The Hall–Kier alpha value is -3.29. The Morgan fingerprint density at radius 2 is 1.76 bits per heavy atom. The third-order valence-corrected chi connectivity index (χ3v) is 7.01. The summed E-state index contributed by atoms with van der Waals surface area (Å²) in [6.45, 7) is 2.51. The van der Waals surface area contributed by atoms with Crippen molar-refractivity contribution in [1.82, 2.24) is 20.2 Å². The normalized spacial score (nSPS) is 17.2. The summed E-state index contributed by atoms with van der Waals surface area (Å²) in [6.07, 6.45) is 0. The molecule has 1 aliphatic heterocycles. The van der Waals surface area contributed by atoms with Crippen LogP contribution in [0.3, 0.4) is 0 Å². The van der Waals surface area contributed by atoms with Gasteiger partial charge in [0.2, 0.25) is 11.1 Å². The number of carbonyl (C=O) groups is 1. The van der Waals surface area contributed by atoms with Crippen LogP contribution in [0.15, 0.2) is 84.0 Å². The average Bonchev–Trinajstić information content (AvgIpc) is 3.27. The van der Waals surface area contributed by atoms with Gasteiger partial charge in [-0.2, -0.15) is 0 Å². The molecule has 2 heterocycles. The largest absolute Gasteiger partial charge is 0.351 e. The summed E-state index contributed by atoms with van der Waals surface area (Å²) in [5.41, 5.74) is 7.63. The molecule has 8 heteroatoms. The lowest BCUT2D eigenvalue weighted by molar-refractivity contribution is -0.121.